The fourth-order valence-corrected chi connectivity index (χ4v) is 7.79. The maximum atomic E-state index is 12.6. The minimum Gasteiger partial charge on any atom is -0.462 e. The molecule has 218 valence electrons. The van der Waals surface area contributed by atoms with Crippen molar-refractivity contribution in [3.05, 3.63) is 22.8 Å². The molecule has 0 heterocycles. The van der Waals surface area contributed by atoms with Gasteiger partial charge < -0.3 is 19.2 Å². The summed E-state index contributed by atoms with van der Waals surface area (Å²) in [7, 11) is 1.42. The van der Waals surface area contributed by atoms with Crippen LogP contribution in [0.1, 0.15) is 112 Å². The van der Waals surface area contributed by atoms with Crippen molar-refractivity contribution in [2.24, 2.45) is 46.3 Å². The van der Waals surface area contributed by atoms with Crippen molar-refractivity contribution >= 4 is 11.9 Å². The SMILES string of the molecule is CCC(C)(C)C(=O)OC1CC2CCC1C2.[C-]#[N+]C.[C-]#[N+]CC1(OC(=O)C(C)(C)CC)C2CC3CC(C2)CC1C3. The lowest BCUT2D eigenvalue weighted by Crippen LogP contribution is -2.61. The van der Waals surface area contributed by atoms with Crippen LogP contribution in [0.4, 0.5) is 0 Å². The topological polar surface area (TPSA) is 61.3 Å². The van der Waals surface area contributed by atoms with Gasteiger partial charge in [0.1, 0.15) is 6.10 Å². The lowest BCUT2D eigenvalue weighted by molar-refractivity contribution is -0.212. The summed E-state index contributed by atoms with van der Waals surface area (Å²) in [5, 5.41) is 0. The van der Waals surface area contributed by atoms with E-state index in [4.69, 9.17) is 22.6 Å². The molecule has 0 amide bonds. The maximum Gasteiger partial charge on any atom is 0.312 e. The third-order valence-corrected chi connectivity index (χ3v) is 10.9. The van der Waals surface area contributed by atoms with Gasteiger partial charge in [0.2, 0.25) is 7.05 Å². The highest BCUT2D eigenvalue weighted by Crippen LogP contribution is 2.60. The zero-order chi connectivity index (χ0) is 29.0. The molecule has 0 N–H and O–H groups in total. The van der Waals surface area contributed by atoms with Gasteiger partial charge in [-0.05, 0) is 122 Å². The van der Waals surface area contributed by atoms with Gasteiger partial charge in [-0.1, -0.05) is 13.8 Å². The molecule has 3 atom stereocenters. The van der Waals surface area contributed by atoms with Crippen molar-refractivity contribution in [3.8, 4) is 0 Å². The van der Waals surface area contributed by atoms with E-state index in [1.165, 1.54) is 58.4 Å². The summed E-state index contributed by atoms with van der Waals surface area (Å²) >= 11 is 0. The molecule has 0 aromatic rings. The molecule has 6 fully saturated rings. The summed E-state index contributed by atoms with van der Waals surface area (Å²) in [4.78, 5) is 31.0. The van der Waals surface area contributed by atoms with Crippen LogP contribution in [0.15, 0.2) is 0 Å². The minimum absolute atomic E-state index is 0.00236. The first-order valence-corrected chi connectivity index (χ1v) is 15.4. The predicted octanol–water partition coefficient (Wildman–Crippen LogP) is 7.77. The molecule has 0 spiro atoms. The molecule has 6 nitrogen and oxygen atoms in total. The van der Waals surface area contributed by atoms with E-state index in [0.29, 0.717) is 24.3 Å². The molecule has 6 aliphatic rings. The molecule has 6 rings (SSSR count). The van der Waals surface area contributed by atoms with Crippen LogP contribution in [0.2, 0.25) is 0 Å². The van der Waals surface area contributed by atoms with Crippen LogP contribution in [0, 0.1) is 59.5 Å². The van der Waals surface area contributed by atoms with Crippen molar-refractivity contribution in [3.63, 3.8) is 0 Å². The van der Waals surface area contributed by atoms with Crippen molar-refractivity contribution in [2.75, 3.05) is 13.6 Å². The van der Waals surface area contributed by atoms with E-state index in [0.717, 1.165) is 37.0 Å². The summed E-state index contributed by atoms with van der Waals surface area (Å²) in [5.41, 5.74) is -1.22. The van der Waals surface area contributed by atoms with Crippen LogP contribution in [0.5, 0.6) is 0 Å². The van der Waals surface area contributed by atoms with E-state index in [1.807, 2.05) is 41.5 Å². The number of carbonyl (C=O) groups excluding carboxylic acids is 2. The Labute approximate surface area is 237 Å². The Morgan fingerprint density at radius 2 is 1.31 bits per heavy atom. The van der Waals surface area contributed by atoms with Gasteiger partial charge in [0.25, 0.3) is 6.54 Å². The minimum atomic E-state index is -0.474. The average Bonchev–Trinajstić information content (AvgIpc) is 3.51. The molecule has 6 aliphatic carbocycles. The molecule has 0 aliphatic heterocycles. The van der Waals surface area contributed by atoms with Gasteiger partial charge in [0.05, 0.1) is 10.8 Å². The van der Waals surface area contributed by atoms with E-state index < -0.39 is 11.0 Å². The van der Waals surface area contributed by atoms with Crippen molar-refractivity contribution in [1.82, 2.24) is 0 Å². The van der Waals surface area contributed by atoms with Crippen molar-refractivity contribution in [2.45, 2.75) is 124 Å². The highest BCUT2D eigenvalue weighted by Gasteiger charge is 2.62. The Kier molecular flexibility index (Phi) is 10.2. The van der Waals surface area contributed by atoms with E-state index in [1.54, 1.807) is 0 Å². The lowest BCUT2D eigenvalue weighted by atomic mass is 9.49. The zero-order valence-corrected chi connectivity index (χ0v) is 25.6. The number of fused-ring (bicyclic) bond motifs is 2. The van der Waals surface area contributed by atoms with E-state index in [9.17, 15) is 9.59 Å². The van der Waals surface area contributed by atoms with Gasteiger partial charge in [-0.15, -0.1) is 0 Å². The number of nitrogens with zero attached hydrogens (tertiary/aromatic N) is 2. The van der Waals surface area contributed by atoms with Crippen LogP contribution < -0.4 is 0 Å². The molecule has 0 saturated heterocycles. The standard InChI is InChI=1S/C18H27NO2.C13H22O2.C2H3N/c1-5-17(2,3)16(20)21-18(11-19-4)14-7-12-6-13(9-14)10-15(18)8-12;1-4-13(2,3)12(14)15-11-8-9-5-6-10(11)7-9;1-3-2/h12-15H,5-11H2,1-3H3;9-11H,4-8H2,1-3H3;1H3. The Bertz CT molecular complexity index is 928. The predicted molar refractivity (Wildman–Crippen MR) is 153 cm³/mol. The zero-order valence-electron chi connectivity index (χ0n) is 25.6. The Morgan fingerprint density at radius 3 is 1.72 bits per heavy atom. The molecule has 6 bridgehead atoms. The van der Waals surface area contributed by atoms with E-state index in [-0.39, 0.29) is 23.5 Å². The highest BCUT2D eigenvalue weighted by molar-refractivity contribution is 5.76. The van der Waals surface area contributed by atoms with Gasteiger partial charge in [-0.3, -0.25) is 9.59 Å². The quantitative estimate of drug-likeness (QED) is 0.244. The van der Waals surface area contributed by atoms with Crippen LogP contribution in [0.3, 0.4) is 0 Å². The number of rotatable bonds is 7. The van der Waals surface area contributed by atoms with Crippen LogP contribution in [0.25, 0.3) is 9.69 Å². The number of ether oxygens (including phenoxy) is 2. The summed E-state index contributed by atoms with van der Waals surface area (Å²) in [5.74, 6) is 3.93. The third-order valence-electron chi connectivity index (χ3n) is 10.9. The van der Waals surface area contributed by atoms with Gasteiger partial charge >= 0.3 is 11.9 Å². The number of esters is 2. The van der Waals surface area contributed by atoms with Gasteiger partial charge in [-0.2, -0.15) is 0 Å². The van der Waals surface area contributed by atoms with Crippen LogP contribution >= 0.6 is 0 Å². The van der Waals surface area contributed by atoms with E-state index in [2.05, 4.69) is 9.69 Å². The Morgan fingerprint density at radius 1 is 0.795 bits per heavy atom. The second-order valence-electron chi connectivity index (χ2n) is 14.3. The number of hydrogen-bond donors (Lipinski definition) is 0. The molecule has 6 heteroatoms. The molecule has 3 unspecified atom stereocenters. The first-order valence-electron chi connectivity index (χ1n) is 15.4. The second kappa shape index (κ2) is 12.6. The summed E-state index contributed by atoms with van der Waals surface area (Å²) < 4.78 is 11.8. The van der Waals surface area contributed by atoms with Gasteiger partial charge in [-0.25, -0.2) is 13.1 Å². The average molecular weight is 541 g/mol. The van der Waals surface area contributed by atoms with Crippen LogP contribution in [-0.2, 0) is 19.1 Å². The Balaban J connectivity index is 0.000000205. The molecular weight excluding hydrogens is 488 g/mol. The fraction of sp³-hybridized carbons (Fsp3) is 0.879. The first kappa shape index (κ1) is 31.4. The smallest absolute Gasteiger partial charge is 0.312 e. The maximum absolute atomic E-state index is 12.6. The van der Waals surface area contributed by atoms with E-state index >= 15 is 0 Å². The molecule has 0 aromatic carbocycles. The molecular formula is C33H52N2O4. The van der Waals surface area contributed by atoms with Crippen molar-refractivity contribution in [1.29, 1.82) is 0 Å². The monoisotopic (exact) mass is 540 g/mol. The molecule has 0 aromatic heterocycles. The van der Waals surface area contributed by atoms with Crippen LogP contribution in [-0.4, -0.2) is 37.2 Å². The summed E-state index contributed by atoms with van der Waals surface area (Å²) in [6, 6.07) is 0. The van der Waals surface area contributed by atoms with Crippen molar-refractivity contribution < 1.29 is 19.1 Å². The summed E-state index contributed by atoms with van der Waals surface area (Å²) in [6.07, 6.45) is 13.0. The van der Waals surface area contributed by atoms with Gasteiger partial charge in [0, 0.05) is 11.8 Å². The van der Waals surface area contributed by atoms with Gasteiger partial charge in [0.15, 0.2) is 5.60 Å². The normalized spacial score (nSPS) is 35.5. The lowest BCUT2D eigenvalue weighted by Gasteiger charge is -2.58. The Hall–Kier alpha value is -2.08. The molecule has 6 saturated carbocycles. The molecule has 0 radical (unpaired) electrons. The number of hydrogen-bond acceptors (Lipinski definition) is 4. The largest absolute Gasteiger partial charge is 0.462 e. The highest BCUT2D eigenvalue weighted by atomic mass is 16.6. The third kappa shape index (κ3) is 6.81. The fourth-order valence-electron chi connectivity index (χ4n) is 7.79. The second-order valence-corrected chi connectivity index (χ2v) is 14.3. The number of carbonyl (C=O) groups is 2. The first-order chi connectivity index (χ1) is 18.3. The summed E-state index contributed by atoms with van der Waals surface area (Å²) in [6.45, 7) is 25.5. The molecule has 39 heavy (non-hydrogen) atoms.